The van der Waals surface area contributed by atoms with Crippen molar-refractivity contribution in [2.75, 3.05) is 7.11 Å². The highest BCUT2D eigenvalue weighted by molar-refractivity contribution is 5.77. The standard InChI is InChI=1S/C5H8O3/c1-3-4(8-3)5(6)7-2/h3-4H,1-2H3/t3-,4-/m0/s1. The van der Waals surface area contributed by atoms with Gasteiger partial charge in [-0.3, -0.25) is 0 Å². The molecule has 2 atom stereocenters. The molecule has 0 aromatic rings. The van der Waals surface area contributed by atoms with Gasteiger partial charge < -0.3 is 9.47 Å². The molecule has 0 radical (unpaired) electrons. The first-order chi connectivity index (χ1) is 3.75. The van der Waals surface area contributed by atoms with Crippen molar-refractivity contribution in [2.45, 2.75) is 19.1 Å². The molecule has 1 fully saturated rings. The molecule has 0 N–H and O–H groups in total. The highest BCUT2D eigenvalue weighted by Gasteiger charge is 2.42. The van der Waals surface area contributed by atoms with Crippen molar-refractivity contribution >= 4 is 5.97 Å². The Labute approximate surface area is 47.6 Å². The number of ether oxygens (including phenoxy) is 2. The number of hydrogen-bond donors (Lipinski definition) is 0. The van der Waals surface area contributed by atoms with Gasteiger partial charge in [0.1, 0.15) is 0 Å². The van der Waals surface area contributed by atoms with Crippen LogP contribution in [0.4, 0.5) is 0 Å². The number of esters is 1. The van der Waals surface area contributed by atoms with Gasteiger partial charge in [0.05, 0.1) is 13.2 Å². The highest BCUT2D eigenvalue weighted by atomic mass is 16.6. The summed E-state index contributed by atoms with van der Waals surface area (Å²) in [4.78, 5) is 10.4. The van der Waals surface area contributed by atoms with Crippen LogP contribution in [0.5, 0.6) is 0 Å². The average Bonchev–Trinajstić information content (AvgIpc) is 2.45. The van der Waals surface area contributed by atoms with Crippen LogP contribution in [0.3, 0.4) is 0 Å². The number of rotatable bonds is 1. The topological polar surface area (TPSA) is 38.8 Å². The normalized spacial score (nSPS) is 34.2. The lowest BCUT2D eigenvalue weighted by Gasteiger charge is -1.88. The molecule has 1 aliphatic rings. The lowest BCUT2D eigenvalue weighted by Crippen LogP contribution is -2.09. The van der Waals surface area contributed by atoms with E-state index in [0.29, 0.717) is 0 Å². The summed E-state index contributed by atoms with van der Waals surface area (Å²) in [6.07, 6.45) is -0.206. The predicted octanol–water partition coefficient (Wildman–Crippen LogP) is -0.0533. The van der Waals surface area contributed by atoms with E-state index >= 15 is 0 Å². The predicted molar refractivity (Wildman–Crippen MR) is 26.4 cm³/mol. The molecule has 3 nitrogen and oxygen atoms in total. The second-order valence-electron chi connectivity index (χ2n) is 1.78. The van der Waals surface area contributed by atoms with Gasteiger partial charge in [-0.1, -0.05) is 0 Å². The molecule has 1 aliphatic heterocycles. The zero-order valence-corrected chi connectivity index (χ0v) is 4.88. The van der Waals surface area contributed by atoms with Gasteiger partial charge in [-0.25, -0.2) is 4.79 Å². The first-order valence-corrected chi connectivity index (χ1v) is 2.49. The van der Waals surface area contributed by atoms with Gasteiger partial charge in [0.15, 0.2) is 6.10 Å². The van der Waals surface area contributed by atoms with Crippen LogP contribution in [0.2, 0.25) is 0 Å². The summed E-state index contributed by atoms with van der Waals surface area (Å²) in [7, 11) is 1.36. The van der Waals surface area contributed by atoms with E-state index in [9.17, 15) is 4.79 Å². The van der Waals surface area contributed by atoms with E-state index in [2.05, 4.69) is 4.74 Å². The maximum Gasteiger partial charge on any atom is 0.337 e. The van der Waals surface area contributed by atoms with Gasteiger partial charge in [0.2, 0.25) is 0 Å². The fraction of sp³-hybridized carbons (Fsp3) is 0.800. The fourth-order valence-electron chi connectivity index (χ4n) is 0.549. The quantitative estimate of drug-likeness (QED) is 0.356. The molecule has 0 saturated carbocycles. The fourth-order valence-corrected chi connectivity index (χ4v) is 0.549. The minimum atomic E-state index is -0.278. The molecule has 0 unspecified atom stereocenters. The Morgan fingerprint density at radius 2 is 2.25 bits per heavy atom. The van der Waals surface area contributed by atoms with Crippen LogP contribution in [0, 0.1) is 0 Å². The Morgan fingerprint density at radius 3 is 2.38 bits per heavy atom. The summed E-state index contributed by atoms with van der Waals surface area (Å²) in [5.41, 5.74) is 0. The van der Waals surface area contributed by atoms with E-state index in [0.717, 1.165) is 0 Å². The van der Waals surface area contributed by atoms with Crippen LogP contribution >= 0.6 is 0 Å². The maximum absolute atomic E-state index is 10.4. The van der Waals surface area contributed by atoms with Crippen molar-refractivity contribution in [1.82, 2.24) is 0 Å². The molecule has 0 aromatic carbocycles. The summed E-state index contributed by atoms with van der Waals surface area (Å²) in [6, 6.07) is 0. The second kappa shape index (κ2) is 1.74. The molecule has 8 heavy (non-hydrogen) atoms. The lowest BCUT2D eigenvalue weighted by molar-refractivity contribution is -0.142. The Kier molecular flexibility index (Phi) is 1.21. The van der Waals surface area contributed by atoms with Crippen LogP contribution in [0.15, 0.2) is 0 Å². The zero-order chi connectivity index (χ0) is 6.15. The lowest BCUT2D eigenvalue weighted by atomic mass is 10.3. The summed E-state index contributed by atoms with van der Waals surface area (Å²) in [5, 5.41) is 0. The molecule has 0 spiro atoms. The van der Waals surface area contributed by atoms with Crippen LogP contribution in [-0.4, -0.2) is 25.3 Å². The van der Waals surface area contributed by atoms with Crippen molar-refractivity contribution < 1.29 is 14.3 Å². The Bertz CT molecular complexity index is 110. The second-order valence-corrected chi connectivity index (χ2v) is 1.78. The van der Waals surface area contributed by atoms with E-state index in [1.807, 2.05) is 6.92 Å². The molecular formula is C5H8O3. The Morgan fingerprint density at radius 1 is 1.75 bits per heavy atom. The summed E-state index contributed by atoms with van der Waals surface area (Å²) >= 11 is 0. The van der Waals surface area contributed by atoms with E-state index in [1.165, 1.54) is 7.11 Å². The van der Waals surface area contributed by atoms with E-state index in [1.54, 1.807) is 0 Å². The molecule has 46 valence electrons. The average molecular weight is 116 g/mol. The monoisotopic (exact) mass is 116 g/mol. The van der Waals surface area contributed by atoms with Crippen LogP contribution in [-0.2, 0) is 14.3 Å². The number of methoxy groups -OCH3 is 1. The van der Waals surface area contributed by atoms with E-state index < -0.39 is 0 Å². The number of carbonyl (C=O) groups is 1. The molecule has 1 heterocycles. The molecule has 0 aliphatic carbocycles. The number of epoxide rings is 1. The molecule has 1 saturated heterocycles. The van der Waals surface area contributed by atoms with Crippen molar-refractivity contribution in [3.8, 4) is 0 Å². The zero-order valence-electron chi connectivity index (χ0n) is 4.88. The van der Waals surface area contributed by atoms with Gasteiger partial charge >= 0.3 is 5.97 Å². The molecule has 0 amide bonds. The van der Waals surface area contributed by atoms with Gasteiger partial charge in [-0.05, 0) is 6.92 Å². The van der Waals surface area contributed by atoms with Crippen molar-refractivity contribution in [1.29, 1.82) is 0 Å². The molecule has 1 rings (SSSR count). The van der Waals surface area contributed by atoms with Crippen molar-refractivity contribution in [3.05, 3.63) is 0 Å². The third kappa shape index (κ3) is 0.816. The SMILES string of the molecule is COC(=O)[C@H]1O[C@H]1C. The third-order valence-electron chi connectivity index (χ3n) is 1.14. The smallest absolute Gasteiger partial charge is 0.337 e. The number of carbonyl (C=O) groups excluding carboxylic acids is 1. The van der Waals surface area contributed by atoms with Crippen LogP contribution < -0.4 is 0 Å². The first kappa shape index (κ1) is 5.56. The molecule has 0 aromatic heterocycles. The molecular weight excluding hydrogens is 108 g/mol. The molecule has 3 heteroatoms. The van der Waals surface area contributed by atoms with Gasteiger partial charge in [-0.15, -0.1) is 0 Å². The van der Waals surface area contributed by atoms with Gasteiger partial charge in [0.25, 0.3) is 0 Å². The van der Waals surface area contributed by atoms with Gasteiger partial charge in [-0.2, -0.15) is 0 Å². The first-order valence-electron chi connectivity index (χ1n) is 2.49. The summed E-state index contributed by atoms with van der Waals surface area (Å²) in [6.45, 7) is 1.83. The minimum absolute atomic E-state index is 0.0717. The Balaban J connectivity index is 2.28. The molecule has 0 bridgehead atoms. The van der Waals surface area contributed by atoms with Gasteiger partial charge in [0, 0.05) is 0 Å². The van der Waals surface area contributed by atoms with Crippen LogP contribution in [0.25, 0.3) is 0 Å². The summed E-state index contributed by atoms with van der Waals surface area (Å²) in [5.74, 6) is -0.266. The van der Waals surface area contributed by atoms with Crippen molar-refractivity contribution in [3.63, 3.8) is 0 Å². The number of hydrogen-bond acceptors (Lipinski definition) is 3. The largest absolute Gasteiger partial charge is 0.467 e. The summed E-state index contributed by atoms with van der Waals surface area (Å²) < 4.78 is 9.18. The maximum atomic E-state index is 10.4. The third-order valence-corrected chi connectivity index (χ3v) is 1.14. The van der Waals surface area contributed by atoms with E-state index in [-0.39, 0.29) is 18.2 Å². The Hall–Kier alpha value is -0.570. The van der Waals surface area contributed by atoms with Crippen LogP contribution in [0.1, 0.15) is 6.92 Å². The van der Waals surface area contributed by atoms with Crippen molar-refractivity contribution in [2.24, 2.45) is 0 Å². The van der Waals surface area contributed by atoms with E-state index in [4.69, 9.17) is 4.74 Å². The highest BCUT2D eigenvalue weighted by Crippen LogP contribution is 2.21. The minimum Gasteiger partial charge on any atom is -0.467 e.